The van der Waals surface area contributed by atoms with Crippen LogP contribution in [-0.4, -0.2) is 24.0 Å². The van der Waals surface area contributed by atoms with E-state index in [0.717, 1.165) is 0 Å². The van der Waals surface area contributed by atoms with Crippen molar-refractivity contribution in [3.63, 3.8) is 0 Å². The molecular formula is C17H13N3O3. The van der Waals surface area contributed by atoms with Gasteiger partial charge < -0.3 is 10.1 Å². The topological polar surface area (TPSA) is 92.1 Å². The van der Waals surface area contributed by atoms with Gasteiger partial charge in [0.05, 0.1) is 12.7 Å². The van der Waals surface area contributed by atoms with Crippen LogP contribution >= 0.6 is 0 Å². The third-order valence-electron chi connectivity index (χ3n) is 2.95. The van der Waals surface area contributed by atoms with Crippen LogP contribution in [0.4, 0.5) is 5.69 Å². The number of benzene rings is 1. The lowest BCUT2D eigenvalue weighted by Gasteiger charge is -2.05. The SMILES string of the molecule is COC(=O)c1ccc(NC(=O)/C(C#N)=C\c2ccncc2)cc1. The number of carbonyl (C=O) groups is 2. The second kappa shape index (κ2) is 7.52. The summed E-state index contributed by atoms with van der Waals surface area (Å²) in [4.78, 5) is 27.3. The predicted molar refractivity (Wildman–Crippen MR) is 84.2 cm³/mol. The number of anilines is 1. The second-order valence-corrected chi connectivity index (χ2v) is 4.47. The average Bonchev–Trinajstić information content (AvgIpc) is 2.60. The highest BCUT2D eigenvalue weighted by molar-refractivity contribution is 6.09. The minimum atomic E-state index is -0.532. The normalized spacial score (nSPS) is 10.5. The number of rotatable bonds is 4. The van der Waals surface area contributed by atoms with Crippen LogP contribution in [0.3, 0.4) is 0 Å². The number of hydrogen-bond donors (Lipinski definition) is 1. The zero-order valence-corrected chi connectivity index (χ0v) is 12.3. The lowest BCUT2D eigenvalue weighted by Crippen LogP contribution is -2.13. The molecule has 6 heteroatoms. The van der Waals surface area contributed by atoms with Gasteiger partial charge in [0.2, 0.25) is 0 Å². The molecule has 1 amide bonds. The molecule has 2 aromatic rings. The van der Waals surface area contributed by atoms with E-state index >= 15 is 0 Å². The van der Waals surface area contributed by atoms with Gasteiger partial charge in [-0.15, -0.1) is 0 Å². The maximum Gasteiger partial charge on any atom is 0.337 e. The fourth-order valence-electron chi connectivity index (χ4n) is 1.78. The Hall–Kier alpha value is -3.46. The summed E-state index contributed by atoms with van der Waals surface area (Å²) in [6.07, 6.45) is 4.62. The molecule has 0 atom stereocenters. The van der Waals surface area contributed by atoms with Gasteiger partial charge in [0.15, 0.2) is 0 Å². The Morgan fingerprint density at radius 3 is 2.39 bits per heavy atom. The Morgan fingerprint density at radius 1 is 1.17 bits per heavy atom. The number of aromatic nitrogens is 1. The van der Waals surface area contributed by atoms with Crippen molar-refractivity contribution in [2.24, 2.45) is 0 Å². The van der Waals surface area contributed by atoms with Crippen molar-refractivity contribution >= 4 is 23.6 Å². The van der Waals surface area contributed by atoms with Crippen molar-refractivity contribution in [1.29, 1.82) is 5.26 Å². The van der Waals surface area contributed by atoms with Gasteiger partial charge in [-0.3, -0.25) is 9.78 Å². The fourth-order valence-corrected chi connectivity index (χ4v) is 1.78. The van der Waals surface area contributed by atoms with Crippen LogP contribution in [0.2, 0.25) is 0 Å². The van der Waals surface area contributed by atoms with Gasteiger partial charge in [0.25, 0.3) is 5.91 Å². The molecule has 0 aliphatic rings. The van der Waals surface area contributed by atoms with Crippen LogP contribution in [0.15, 0.2) is 54.4 Å². The quantitative estimate of drug-likeness (QED) is 0.532. The van der Waals surface area contributed by atoms with Crippen LogP contribution in [-0.2, 0) is 9.53 Å². The molecule has 114 valence electrons. The molecule has 2 rings (SSSR count). The number of methoxy groups -OCH3 is 1. The maximum absolute atomic E-state index is 12.1. The maximum atomic E-state index is 12.1. The monoisotopic (exact) mass is 307 g/mol. The Kier molecular flexibility index (Phi) is 5.21. The van der Waals surface area contributed by atoms with Crippen LogP contribution in [0.5, 0.6) is 0 Å². The number of carbonyl (C=O) groups excluding carboxylic acids is 2. The molecule has 1 aromatic heterocycles. The zero-order valence-electron chi connectivity index (χ0n) is 12.3. The molecule has 0 spiro atoms. The summed E-state index contributed by atoms with van der Waals surface area (Å²) >= 11 is 0. The smallest absolute Gasteiger partial charge is 0.337 e. The first kappa shape index (κ1) is 15.9. The third kappa shape index (κ3) is 4.25. The first-order valence-electron chi connectivity index (χ1n) is 6.65. The minimum Gasteiger partial charge on any atom is -0.465 e. The van der Waals surface area contributed by atoms with Crippen LogP contribution < -0.4 is 5.32 Å². The van der Waals surface area contributed by atoms with Crippen molar-refractivity contribution in [3.8, 4) is 6.07 Å². The average molecular weight is 307 g/mol. The van der Waals surface area contributed by atoms with Gasteiger partial charge in [-0.1, -0.05) is 0 Å². The molecule has 0 saturated carbocycles. The summed E-state index contributed by atoms with van der Waals surface area (Å²) in [6, 6.07) is 11.4. The lowest BCUT2D eigenvalue weighted by atomic mass is 10.1. The van der Waals surface area contributed by atoms with E-state index in [4.69, 9.17) is 5.26 Å². The molecule has 6 nitrogen and oxygen atoms in total. The number of nitriles is 1. The number of esters is 1. The van der Waals surface area contributed by atoms with Gasteiger partial charge in [0.1, 0.15) is 11.6 Å². The van der Waals surface area contributed by atoms with Gasteiger partial charge in [-0.25, -0.2) is 4.79 Å². The Morgan fingerprint density at radius 2 is 1.83 bits per heavy atom. The highest BCUT2D eigenvalue weighted by Crippen LogP contribution is 2.13. The lowest BCUT2D eigenvalue weighted by molar-refractivity contribution is -0.112. The molecule has 0 aliphatic heterocycles. The predicted octanol–water partition coefficient (Wildman–Crippen LogP) is 2.41. The first-order chi connectivity index (χ1) is 11.1. The molecule has 0 saturated heterocycles. The zero-order chi connectivity index (χ0) is 16.7. The molecule has 0 aliphatic carbocycles. The van der Waals surface area contributed by atoms with Gasteiger partial charge in [-0.05, 0) is 48.0 Å². The molecular weight excluding hydrogens is 294 g/mol. The molecule has 1 aromatic carbocycles. The number of pyridine rings is 1. The fraction of sp³-hybridized carbons (Fsp3) is 0.0588. The van der Waals surface area contributed by atoms with E-state index in [9.17, 15) is 9.59 Å². The first-order valence-corrected chi connectivity index (χ1v) is 6.65. The van der Waals surface area contributed by atoms with Gasteiger partial charge in [-0.2, -0.15) is 5.26 Å². The van der Waals surface area contributed by atoms with E-state index < -0.39 is 11.9 Å². The molecule has 0 fully saturated rings. The third-order valence-corrected chi connectivity index (χ3v) is 2.95. The Bertz CT molecular complexity index is 775. The van der Waals surface area contributed by atoms with Crippen LogP contribution in [0.1, 0.15) is 15.9 Å². The molecule has 23 heavy (non-hydrogen) atoms. The molecule has 0 bridgehead atoms. The number of nitrogens with zero attached hydrogens (tertiary/aromatic N) is 2. The summed E-state index contributed by atoms with van der Waals surface area (Å²) < 4.78 is 4.60. The summed E-state index contributed by atoms with van der Waals surface area (Å²) in [5, 5.41) is 11.7. The molecule has 1 N–H and O–H groups in total. The summed E-state index contributed by atoms with van der Waals surface area (Å²) in [5.41, 5.74) is 1.51. The van der Waals surface area contributed by atoms with Gasteiger partial charge >= 0.3 is 5.97 Å². The standard InChI is InChI=1S/C17H13N3O3/c1-23-17(22)13-2-4-15(5-3-13)20-16(21)14(11-18)10-12-6-8-19-9-7-12/h2-10H,1H3,(H,20,21)/b14-10-. The van der Waals surface area contributed by atoms with E-state index in [1.165, 1.54) is 25.3 Å². The Balaban J connectivity index is 2.13. The highest BCUT2D eigenvalue weighted by atomic mass is 16.5. The van der Waals surface area contributed by atoms with Crippen LogP contribution in [0.25, 0.3) is 6.08 Å². The summed E-state index contributed by atoms with van der Waals surface area (Å²) in [7, 11) is 1.29. The van der Waals surface area contributed by atoms with Crippen molar-refractivity contribution in [3.05, 3.63) is 65.5 Å². The molecule has 0 radical (unpaired) electrons. The van der Waals surface area contributed by atoms with Gasteiger partial charge in [0, 0.05) is 18.1 Å². The molecule has 0 unspecified atom stereocenters. The Labute approximate surface area is 133 Å². The minimum absolute atomic E-state index is 0.0340. The summed E-state index contributed by atoms with van der Waals surface area (Å²) in [5.74, 6) is -0.992. The van der Waals surface area contributed by atoms with E-state index in [-0.39, 0.29) is 5.57 Å². The van der Waals surface area contributed by atoms with Crippen molar-refractivity contribution < 1.29 is 14.3 Å². The number of hydrogen-bond acceptors (Lipinski definition) is 5. The summed E-state index contributed by atoms with van der Waals surface area (Å²) in [6.45, 7) is 0. The number of ether oxygens (including phenoxy) is 1. The van der Waals surface area contributed by atoms with Crippen molar-refractivity contribution in [2.75, 3.05) is 12.4 Å². The van der Waals surface area contributed by atoms with Crippen LogP contribution in [0, 0.1) is 11.3 Å². The molecule has 1 heterocycles. The van der Waals surface area contributed by atoms with E-state index in [1.807, 2.05) is 6.07 Å². The largest absolute Gasteiger partial charge is 0.465 e. The van der Waals surface area contributed by atoms with E-state index in [1.54, 1.807) is 36.7 Å². The van der Waals surface area contributed by atoms with E-state index in [0.29, 0.717) is 16.8 Å². The second-order valence-electron chi connectivity index (χ2n) is 4.47. The number of nitrogens with one attached hydrogen (secondary N) is 1. The van der Waals surface area contributed by atoms with Crippen molar-refractivity contribution in [2.45, 2.75) is 0 Å². The highest BCUT2D eigenvalue weighted by Gasteiger charge is 2.10. The van der Waals surface area contributed by atoms with Crippen molar-refractivity contribution in [1.82, 2.24) is 4.98 Å². The van der Waals surface area contributed by atoms with E-state index in [2.05, 4.69) is 15.0 Å². The number of amides is 1.